The van der Waals surface area contributed by atoms with Crippen LogP contribution in [0.5, 0.6) is 0 Å². The molecule has 3 fully saturated rings. The van der Waals surface area contributed by atoms with Gasteiger partial charge in [0.25, 0.3) is 0 Å². The first-order valence-electron chi connectivity index (χ1n) is 11.9. The van der Waals surface area contributed by atoms with Crippen LogP contribution in [0.4, 0.5) is 5.82 Å². The number of imidazole rings is 1. The van der Waals surface area contributed by atoms with Gasteiger partial charge in [-0.1, -0.05) is 19.3 Å². The number of rotatable bonds is 6. The maximum atomic E-state index is 11.1. The molecule has 2 aromatic heterocycles. The highest BCUT2D eigenvalue weighted by Gasteiger charge is 2.45. The SMILES string of the molecule is O=P(O)(O)CCCC1OC(n2cnc3c(N4CCC5(CCCCC5)C4)nc(Cl)nc32)C(O)C1O. The van der Waals surface area contributed by atoms with E-state index in [2.05, 4.69) is 19.9 Å². The predicted octanol–water partition coefficient (Wildman–Crippen LogP) is 2.22. The molecule has 188 valence electrons. The molecule has 2 aromatic rings. The van der Waals surface area contributed by atoms with E-state index >= 15 is 0 Å². The van der Waals surface area contributed by atoms with E-state index in [1.54, 1.807) is 4.57 Å². The first-order chi connectivity index (χ1) is 16.2. The number of aromatic nitrogens is 4. The van der Waals surface area contributed by atoms with Crippen LogP contribution in [0.2, 0.25) is 5.28 Å². The molecule has 2 saturated heterocycles. The van der Waals surface area contributed by atoms with Crippen molar-refractivity contribution in [1.29, 1.82) is 0 Å². The maximum absolute atomic E-state index is 11.1. The second-order valence-electron chi connectivity index (χ2n) is 9.95. The van der Waals surface area contributed by atoms with Crippen molar-refractivity contribution in [3.05, 3.63) is 11.6 Å². The van der Waals surface area contributed by atoms with Crippen molar-refractivity contribution in [2.45, 2.75) is 75.9 Å². The summed E-state index contributed by atoms with van der Waals surface area (Å²) in [6.07, 6.45) is 4.74. The van der Waals surface area contributed by atoms with Crippen LogP contribution in [0.25, 0.3) is 11.2 Å². The summed E-state index contributed by atoms with van der Waals surface area (Å²) in [7, 11) is -4.14. The van der Waals surface area contributed by atoms with E-state index in [9.17, 15) is 14.8 Å². The molecule has 34 heavy (non-hydrogen) atoms. The number of nitrogens with zero attached hydrogens (tertiary/aromatic N) is 5. The Bertz CT molecular complexity index is 1090. The molecule has 0 bridgehead atoms. The summed E-state index contributed by atoms with van der Waals surface area (Å²) in [6.45, 7) is 1.78. The number of anilines is 1. The quantitative estimate of drug-likeness (QED) is 0.332. The number of hydrogen-bond acceptors (Lipinski definition) is 8. The number of ether oxygens (including phenoxy) is 1. The predicted molar refractivity (Wildman–Crippen MR) is 125 cm³/mol. The van der Waals surface area contributed by atoms with Crippen LogP contribution in [-0.4, -0.2) is 77.1 Å². The molecule has 0 radical (unpaired) electrons. The smallest absolute Gasteiger partial charge is 0.325 e. The van der Waals surface area contributed by atoms with Gasteiger partial charge in [-0.2, -0.15) is 9.97 Å². The van der Waals surface area contributed by atoms with Crippen LogP contribution < -0.4 is 4.90 Å². The number of aliphatic hydroxyl groups excluding tert-OH is 2. The van der Waals surface area contributed by atoms with Crippen molar-refractivity contribution in [2.24, 2.45) is 5.41 Å². The maximum Gasteiger partial charge on any atom is 0.325 e. The van der Waals surface area contributed by atoms with Gasteiger partial charge in [0, 0.05) is 19.3 Å². The molecule has 5 rings (SSSR count). The Morgan fingerprint density at radius 3 is 2.65 bits per heavy atom. The summed E-state index contributed by atoms with van der Waals surface area (Å²) in [4.78, 5) is 33.7. The van der Waals surface area contributed by atoms with Gasteiger partial charge in [-0.3, -0.25) is 9.13 Å². The van der Waals surface area contributed by atoms with Crippen LogP contribution in [-0.2, 0) is 9.30 Å². The van der Waals surface area contributed by atoms with Crippen molar-refractivity contribution >= 4 is 36.2 Å². The van der Waals surface area contributed by atoms with Crippen molar-refractivity contribution in [1.82, 2.24) is 19.5 Å². The van der Waals surface area contributed by atoms with Gasteiger partial charge in [0.05, 0.1) is 12.4 Å². The molecule has 1 saturated carbocycles. The zero-order chi connectivity index (χ0) is 24.1. The van der Waals surface area contributed by atoms with Gasteiger partial charge in [0.2, 0.25) is 5.28 Å². The van der Waals surface area contributed by atoms with Gasteiger partial charge in [-0.15, -0.1) is 0 Å². The van der Waals surface area contributed by atoms with Crippen LogP contribution in [0.15, 0.2) is 6.33 Å². The minimum atomic E-state index is -4.14. The van der Waals surface area contributed by atoms with E-state index in [0.29, 0.717) is 22.4 Å². The Labute approximate surface area is 202 Å². The van der Waals surface area contributed by atoms with Gasteiger partial charge in [-0.05, 0) is 49.1 Å². The van der Waals surface area contributed by atoms with E-state index < -0.39 is 32.1 Å². The number of fused-ring (bicyclic) bond motifs is 1. The molecule has 11 nitrogen and oxygen atoms in total. The Morgan fingerprint density at radius 1 is 1.15 bits per heavy atom. The van der Waals surface area contributed by atoms with Crippen molar-refractivity contribution in [3.63, 3.8) is 0 Å². The molecular weight excluding hydrogens is 485 g/mol. The normalized spacial score (nSPS) is 29.5. The van der Waals surface area contributed by atoms with Crippen LogP contribution in [0, 0.1) is 5.41 Å². The Morgan fingerprint density at radius 2 is 1.91 bits per heavy atom. The fourth-order valence-electron chi connectivity index (χ4n) is 5.80. The molecular formula is C21H31ClN5O6P. The lowest BCUT2D eigenvalue weighted by molar-refractivity contribution is -0.0370. The molecule has 4 N–H and O–H groups in total. The monoisotopic (exact) mass is 515 g/mol. The van der Waals surface area contributed by atoms with Gasteiger partial charge < -0.3 is 29.6 Å². The molecule has 4 heterocycles. The second-order valence-corrected chi connectivity index (χ2v) is 12.1. The number of aliphatic hydroxyl groups is 2. The third-order valence-electron chi connectivity index (χ3n) is 7.58. The number of halogens is 1. The summed E-state index contributed by atoms with van der Waals surface area (Å²) >= 11 is 6.30. The zero-order valence-corrected chi connectivity index (χ0v) is 20.5. The number of hydrogen-bond donors (Lipinski definition) is 4. The third kappa shape index (κ3) is 4.72. The van der Waals surface area contributed by atoms with Gasteiger partial charge in [-0.25, -0.2) is 4.98 Å². The lowest BCUT2D eigenvalue weighted by Gasteiger charge is -2.33. The van der Waals surface area contributed by atoms with E-state index in [-0.39, 0.29) is 24.3 Å². The first kappa shape index (κ1) is 24.4. The van der Waals surface area contributed by atoms with Crippen molar-refractivity contribution in [3.8, 4) is 0 Å². The van der Waals surface area contributed by atoms with E-state index in [1.807, 2.05) is 0 Å². The topological polar surface area (TPSA) is 154 Å². The molecule has 0 amide bonds. The van der Waals surface area contributed by atoms with Gasteiger partial charge >= 0.3 is 7.60 Å². The van der Waals surface area contributed by atoms with Gasteiger partial charge in [0.15, 0.2) is 23.2 Å². The van der Waals surface area contributed by atoms with Gasteiger partial charge in [0.1, 0.15) is 12.2 Å². The second kappa shape index (κ2) is 9.28. The molecule has 2 aliphatic heterocycles. The molecule has 1 aliphatic carbocycles. The fourth-order valence-corrected chi connectivity index (χ4v) is 6.56. The summed E-state index contributed by atoms with van der Waals surface area (Å²) in [5.41, 5.74) is 1.29. The highest BCUT2D eigenvalue weighted by Crippen LogP contribution is 2.45. The van der Waals surface area contributed by atoms with Crippen molar-refractivity contribution < 1.29 is 29.3 Å². The average Bonchev–Trinajstić information content (AvgIpc) is 3.45. The Balaban J connectivity index is 1.38. The van der Waals surface area contributed by atoms with Crippen LogP contribution in [0.3, 0.4) is 0 Å². The molecule has 13 heteroatoms. The minimum absolute atomic E-state index is 0.0695. The van der Waals surface area contributed by atoms with E-state index in [1.165, 1.54) is 38.4 Å². The molecule has 4 atom stereocenters. The van der Waals surface area contributed by atoms with Crippen LogP contribution in [0.1, 0.15) is 57.6 Å². The van der Waals surface area contributed by atoms with Crippen LogP contribution >= 0.6 is 19.2 Å². The fraction of sp³-hybridized carbons (Fsp3) is 0.762. The standard InChI is InChI=1S/C21H31ClN5O6P/c22-20-24-17(26-9-8-21(11-26)6-2-1-3-7-21)14-18(25-20)27(12-23-14)19-16(29)15(28)13(33-19)5-4-10-34(30,31)32/h12-13,15-16,19,28-29H,1-11H2,(H2,30,31,32). The van der Waals surface area contributed by atoms with E-state index in [0.717, 1.165) is 19.5 Å². The third-order valence-corrected chi connectivity index (χ3v) is 8.65. The molecule has 1 spiro atoms. The lowest BCUT2D eigenvalue weighted by atomic mass is 9.73. The summed E-state index contributed by atoms with van der Waals surface area (Å²) in [5, 5.41) is 21.2. The minimum Gasteiger partial charge on any atom is -0.388 e. The summed E-state index contributed by atoms with van der Waals surface area (Å²) < 4.78 is 18.6. The summed E-state index contributed by atoms with van der Waals surface area (Å²) in [5.74, 6) is 0.669. The first-order valence-corrected chi connectivity index (χ1v) is 14.0. The largest absolute Gasteiger partial charge is 0.388 e. The Hall–Kier alpha value is -1.33. The molecule has 4 unspecified atom stereocenters. The highest BCUT2D eigenvalue weighted by molar-refractivity contribution is 7.51. The summed E-state index contributed by atoms with van der Waals surface area (Å²) in [6, 6.07) is 0. The zero-order valence-electron chi connectivity index (χ0n) is 18.8. The average molecular weight is 516 g/mol. The van der Waals surface area contributed by atoms with E-state index in [4.69, 9.17) is 26.1 Å². The molecule has 0 aromatic carbocycles. The highest BCUT2D eigenvalue weighted by atomic mass is 35.5. The Kier molecular flexibility index (Phi) is 6.65. The van der Waals surface area contributed by atoms with Crippen molar-refractivity contribution in [2.75, 3.05) is 24.2 Å². The molecule has 3 aliphatic rings. The lowest BCUT2D eigenvalue weighted by Crippen LogP contribution is -2.31.